The minimum absolute atomic E-state index is 0.129. The second kappa shape index (κ2) is 44.2. The Morgan fingerprint density at radius 3 is 0.804 bits per heavy atom. The predicted molar refractivity (Wildman–Crippen MR) is 374 cm³/mol. The maximum Gasteiger partial charge on any atom is 0.319 e. The Balaban J connectivity index is 1.82. The van der Waals surface area contributed by atoms with Crippen molar-refractivity contribution in [2.75, 3.05) is 80.5 Å². The summed E-state index contributed by atoms with van der Waals surface area (Å²) in [6.07, 6.45) is 23.0. The molecule has 1 aliphatic rings. The Morgan fingerprint density at radius 2 is 0.554 bits per heavy atom. The number of carbonyl (C=O) groups is 5. The summed E-state index contributed by atoms with van der Waals surface area (Å²) in [6.45, 7) is 20.7. The van der Waals surface area contributed by atoms with Crippen molar-refractivity contribution in [1.29, 1.82) is 0 Å². The standard InChI is InChI=1S/C74H114N8O10/c1-9-17-28-34-75-71(84)79-62-46-54-42-56-48-63(80-72(85)76-35-29-18-10-2)50-58(68(56)90-39-14-6)44-60-52-65(82-74(87)78-37-31-20-12-4)53-61(70(60)92-41-32-26-24-22-21-23-25-27-33-66(83)88-16-8)45-59-51-64(81-73(86)77-36-30-19-11-3)49-57(69(59)91-40-15-7)43-55(47-62)67(54)89-38-13-5/h46-53H,9-45H2,1-8H3,(H2,75,79,84)(H2,76,80,85)(H2,77,81,86)(H2,78,82,87). The molecule has 0 fully saturated rings. The molecule has 18 heteroatoms. The Hall–Kier alpha value is -7.37. The number of benzene rings is 4. The summed E-state index contributed by atoms with van der Waals surface area (Å²) in [5.74, 6) is 2.46. The molecule has 0 unspecified atom stereocenters. The number of anilines is 4. The normalized spacial score (nSPS) is 11.7. The van der Waals surface area contributed by atoms with Crippen LogP contribution in [0.1, 0.15) is 254 Å². The molecule has 8 bridgehead atoms. The third-order valence-electron chi connectivity index (χ3n) is 16.0. The fourth-order valence-electron chi connectivity index (χ4n) is 11.4. The summed E-state index contributed by atoms with van der Waals surface area (Å²) >= 11 is 0. The van der Waals surface area contributed by atoms with Gasteiger partial charge in [0, 0.05) is 126 Å². The fourth-order valence-corrected chi connectivity index (χ4v) is 11.4. The average Bonchev–Trinajstić information content (AvgIpc) is 0.833. The number of ether oxygens (including phenoxy) is 5. The van der Waals surface area contributed by atoms with E-state index in [1.165, 1.54) is 0 Å². The second-order valence-electron chi connectivity index (χ2n) is 24.3. The molecule has 510 valence electrons. The molecular weight excluding hydrogens is 1160 g/mol. The molecule has 0 atom stereocenters. The first-order valence-electron chi connectivity index (χ1n) is 35.4. The largest absolute Gasteiger partial charge is 0.493 e. The molecule has 1 aliphatic carbocycles. The summed E-state index contributed by atoms with van der Waals surface area (Å²) < 4.78 is 33.1. The Morgan fingerprint density at radius 1 is 0.304 bits per heavy atom. The highest BCUT2D eigenvalue weighted by molar-refractivity contribution is 5.92. The number of fused-ring (bicyclic) bond motifs is 8. The molecule has 0 spiro atoms. The van der Waals surface area contributed by atoms with Crippen molar-refractivity contribution < 1.29 is 47.7 Å². The molecule has 0 heterocycles. The third kappa shape index (κ3) is 27.4. The van der Waals surface area contributed by atoms with Gasteiger partial charge >= 0.3 is 30.1 Å². The zero-order valence-corrected chi connectivity index (χ0v) is 57.4. The maximum atomic E-state index is 14.0. The van der Waals surface area contributed by atoms with Gasteiger partial charge in [0.1, 0.15) is 23.0 Å². The van der Waals surface area contributed by atoms with Gasteiger partial charge in [0.15, 0.2) is 0 Å². The van der Waals surface area contributed by atoms with E-state index in [1.54, 1.807) is 0 Å². The predicted octanol–water partition coefficient (Wildman–Crippen LogP) is 17.4. The molecule has 4 aromatic rings. The lowest BCUT2D eigenvalue weighted by molar-refractivity contribution is -0.143. The van der Waals surface area contributed by atoms with Crippen LogP contribution < -0.4 is 61.5 Å². The zero-order valence-electron chi connectivity index (χ0n) is 57.4. The molecule has 8 amide bonds. The topological polar surface area (TPSA) is 228 Å². The number of esters is 1. The van der Waals surface area contributed by atoms with E-state index in [0.717, 1.165) is 192 Å². The highest BCUT2D eigenvalue weighted by atomic mass is 16.5. The van der Waals surface area contributed by atoms with Gasteiger partial charge in [0.05, 0.1) is 33.0 Å². The van der Waals surface area contributed by atoms with Crippen LogP contribution in [-0.2, 0) is 35.2 Å². The van der Waals surface area contributed by atoms with E-state index in [4.69, 9.17) is 23.7 Å². The van der Waals surface area contributed by atoms with E-state index in [9.17, 15) is 24.0 Å². The number of hydrogen-bond donors (Lipinski definition) is 8. The molecule has 0 saturated carbocycles. The van der Waals surface area contributed by atoms with Crippen LogP contribution in [0, 0.1) is 0 Å². The molecule has 92 heavy (non-hydrogen) atoms. The number of rotatable bonds is 42. The molecule has 8 N–H and O–H groups in total. The van der Waals surface area contributed by atoms with E-state index in [0.29, 0.717) is 111 Å². The molecule has 0 radical (unpaired) electrons. The van der Waals surface area contributed by atoms with E-state index >= 15 is 0 Å². The van der Waals surface area contributed by atoms with E-state index in [-0.39, 0.29) is 55.8 Å². The summed E-state index contributed by atoms with van der Waals surface area (Å²) in [6, 6.07) is 14.6. The van der Waals surface area contributed by atoms with Crippen LogP contribution >= 0.6 is 0 Å². The van der Waals surface area contributed by atoms with E-state index in [2.05, 4.69) is 91.0 Å². The van der Waals surface area contributed by atoms with Crippen LogP contribution in [0.15, 0.2) is 48.5 Å². The minimum atomic E-state index is -0.325. The first-order chi connectivity index (χ1) is 44.9. The molecule has 0 aliphatic heterocycles. The van der Waals surface area contributed by atoms with Crippen LogP contribution in [0.3, 0.4) is 0 Å². The van der Waals surface area contributed by atoms with Gasteiger partial charge in [0.2, 0.25) is 0 Å². The number of hydrogen-bond acceptors (Lipinski definition) is 10. The molecule has 0 saturated heterocycles. The van der Waals surface area contributed by atoms with Crippen molar-refractivity contribution in [3.63, 3.8) is 0 Å². The van der Waals surface area contributed by atoms with Crippen LogP contribution in [0.2, 0.25) is 0 Å². The van der Waals surface area contributed by atoms with Gasteiger partial charge in [0.25, 0.3) is 0 Å². The van der Waals surface area contributed by atoms with Crippen LogP contribution in [0.25, 0.3) is 0 Å². The SMILES string of the molecule is CCCCCNC(=O)Nc1cc2c(OCCC)c(c1)Cc1cc(NC(=O)NCCCCC)cc(c1OCCC)Cc1cc(NC(=O)NCCCCC)cc(c1OCCCCCCCCCCC(=O)OCC)Cc1cc(NC(=O)NCCCCC)cc(c1OCCC)C2. The lowest BCUT2D eigenvalue weighted by atomic mass is 9.90. The van der Waals surface area contributed by atoms with Crippen LogP contribution in [-0.4, -0.2) is 89.3 Å². The second-order valence-corrected chi connectivity index (χ2v) is 24.3. The molecule has 5 rings (SSSR count). The lowest BCUT2D eigenvalue weighted by Gasteiger charge is -2.25. The Labute approximate surface area is 551 Å². The van der Waals surface area contributed by atoms with Gasteiger partial charge in [-0.15, -0.1) is 0 Å². The third-order valence-corrected chi connectivity index (χ3v) is 16.0. The van der Waals surface area contributed by atoms with E-state index < -0.39 is 0 Å². The Bertz CT molecular complexity index is 2740. The van der Waals surface area contributed by atoms with Crippen molar-refractivity contribution >= 4 is 52.8 Å². The first-order valence-corrected chi connectivity index (χ1v) is 35.4. The monoisotopic (exact) mass is 1270 g/mol. The van der Waals surface area contributed by atoms with Gasteiger partial charge in [-0.05, 0) is 113 Å². The maximum absolute atomic E-state index is 14.0. The van der Waals surface area contributed by atoms with Crippen molar-refractivity contribution in [2.45, 2.75) is 235 Å². The van der Waals surface area contributed by atoms with Crippen molar-refractivity contribution in [3.8, 4) is 23.0 Å². The molecule has 0 aromatic heterocycles. The highest BCUT2D eigenvalue weighted by Crippen LogP contribution is 2.43. The van der Waals surface area contributed by atoms with Crippen molar-refractivity contribution in [2.24, 2.45) is 0 Å². The fraction of sp³-hybridized carbons (Fsp3) is 0.608. The number of unbranched alkanes of at least 4 members (excludes halogenated alkanes) is 15. The van der Waals surface area contributed by atoms with Gasteiger partial charge in [-0.3, -0.25) is 4.79 Å². The summed E-state index contributed by atoms with van der Waals surface area (Å²) in [5, 5.41) is 25.1. The van der Waals surface area contributed by atoms with Crippen LogP contribution in [0.4, 0.5) is 41.9 Å². The average molecular weight is 1280 g/mol. The van der Waals surface area contributed by atoms with Gasteiger partial charge in [-0.25, -0.2) is 19.2 Å². The summed E-state index contributed by atoms with van der Waals surface area (Å²) in [7, 11) is 0. The van der Waals surface area contributed by atoms with E-state index in [1.807, 2.05) is 55.5 Å². The summed E-state index contributed by atoms with van der Waals surface area (Å²) in [5.41, 5.74) is 8.53. The van der Waals surface area contributed by atoms with Crippen molar-refractivity contribution in [1.82, 2.24) is 21.3 Å². The first kappa shape index (κ1) is 75.4. The lowest BCUT2D eigenvalue weighted by Crippen LogP contribution is -2.29. The highest BCUT2D eigenvalue weighted by Gasteiger charge is 2.26. The quantitative estimate of drug-likeness (QED) is 0.0136. The molecule has 4 aromatic carbocycles. The van der Waals surface area contributed by atoms with Gasteiger partial charge in [-0.1, -0.05) is 138 Å². The van der Waals surface area contributed by atoms with Crippen LogP contribution in [0.5, 0.6) is 23.0 Å². The zero-order chi connectivity index (χ0) is 66.1. The smallest absolute Gasteiger partial charge is 0.319 e. The molecule has 18 nitrogen and oxygen atoms in total. The number of amides is 8. The number of carbonyl (C=O) groups excluding carboxylic acids is 5. The van der Waals surface area contributed by atoms with Gasteiger partial charge < -0.3 is 66.2 Å². The number of nitrogens with one attached hydrogen (secondary N) is 8. The minimum Gasteiger partial charge on any atom is -0.493 e. The van der Waals surface area contributed by atoms with Crippen molar-refractivity contribution in [3.05, 3.63) is 93.0 Å². The Kier molecular flexibility index (Phi) is 36.2. The summed E-state index contributed by atoms with van der Waals surface area (Å²) in [4.78, 5) is 67.6. The number of urea groups is 4. The van der Waals surface area contributed by atoms with Gasteiger partial charge in [-0.2, -0.15) is 0 Å². The molecular formula is C74H114N8O10.